The highest BCUT2D eigenvalue weighted by Gasteiger charge is 2.47. The van der Waals surface area contributed by atoms with Crippen molar-refractivity contribution in [1.82, 2.24) is 25.1 Å². The molecule has 8 heteroatoms. The number of hydrogen-bond acceptors (Lipinski definition) is 5. The van der Waals surface area contributed by atoms with Gasteiger partial charge in [0.1, 0.15) is 11.6 Å². The maximum Gasteiger partial charge on any atom is 0.254 e. The first kappa shape index (κ1) is 18.2. The van der Waals surface area contributed by atoms with Crippen molar-refractivity contribution in [2.45, 2.75) is 25.3 Å². The van der Waals surface area contributed by atoms with Gasteiger partial charge < -0.3 is 11.1 Å². The summed E-state index contributed by atoms with van der Waals surface area (Å²) in [5.74, 6) is -0.134. The number of nitrogens with zero attached hydrogens (tertiary/aromatic N) is 4. The number of nitrogens with one attached hydrogen (secondary N) is 1. The summed E-state index contributed by atoms with van der Waals surface area (Å²) in [6.45, 7) is 1.88. The molecule has 3 aromatic heterocycles. The van der Waals surface area contributed by atoms with E-state index in [9.17, 15) is 9.18 Å². The molecule has 3 N–H and O–H groups in total. The Morgan fingerprint density at radius 3 is 2.60 bits per heavy atom. The molecule has 0 atom stereocenters. The summed E-state index contributed by atoms with van der Waals surface area (Å²) >= 11 is 0. The largest absolute Gasteiger partial charge is 0.383 e. The molecule has 4 aromatic rings. The smallest absolute Gasteiger partial charge is 0.254 e. The van der Waals surface area contributed by atoms with E-state index in [4.69, 9.17) is 5.73 Å². The van der Waals surface area contributed by atoms with Crippen LogP contribution in [0.15, 0.2) is 55.0 Å². The second-order valence-electron chi connectivity index (χ2n) is 7.57. The second-order valence-corrected chi connectivity index (χ2v) is 7.57. The number of fused-ring (bicyclic) bond motifs is 1. The predicted octanol–water partition coefficient (Wildman–Crippen LogP) is 3.26. The SMILES string of the molecule is Cc1ccc(C2(NC(=O)c3cncc4c3cnn4-c3ccc(F)cc3)CC2)c(N)n1. The van der Waals surface area contributed by atoms with Gasteiger partial charge in [-0.3, -0.25) is 9.78 Å². The van der Waals surface area contributed by atoms with Crippen LogP contribution >= 0.6 is 0 Å². The van der Waals surface area contributed by atoms with E-state index in [1.807, 2.05) is 19.1 Å². The number of aryl methyl sites for hydroxylation is 1. The van der Waals surface area contributed by atoms with E-state index in [-0.39, 0.29) is 11.7 Å². The van der Waals surface area contributed by atoms with Crippen LogP contribution in [0.3, 0.4) is 0 Å². The van der Waals surface area contributed by atoms with E-state index in [2.05, 4.69) is 20.4 Å². The van der Waals surface area contributed by atoms with Crippen molar-refractivity contribution in [3.05, 3.63) is 77.6 Å². The fourth-order valence-electron chi connectivity index (χ4n) is 3.76. The molecule has 1 saturated carbocycles. The number of aromatic nitrogens is 4. The summed E-state index contributed by atoms with van der Waals surface area (Å²) < 4.78 is 14.9. The topological polar surface area (TPSA) is 98.7 Å². The summed E-state index contributed by atoms with van der Waals surface area (Å²) in [6.07, 6.45) is 6.38. The summed E-state index contributed by atoms with van der Waals surface area (Å²) in [7, 11) is 0. The summed E-state index contributed by atoms with van der Waals surface area (Å²) in [5.41, 5.74) is 9.05. The fourth-order valence-corrected chi connectivity index (χ4v) is 3.76. The predicted molar refractivity (Wildman–Crippen MR) is 111 cm³/mol. The number of halogens is 1. The zero-order chi connectivity index (χ0) is 20.9. The third kappa shape index (κ3) is 2.97. The van der Waals surface area contributed by atoms with Gasteiger partial charge in [-0.2, -0.15) is 5.10 Å². The number of nitrogens with two attached hydrogens (primary N) is 1. The van der Waals surface area contributed by atoms with Crippen LogP contribution in [0.2, 0.25) is 0 Å². The number of amides is 1. The lowest BCUT2D eigenvalue weighted by Gasteiger charge is -2.19. The zero-order valence-corrected chi connectivity index (χ0v) is 16.3. The molecule has 1 aliphatic carbocycles. The van der Waals surface area contributed by atoms with Crippen LogP contribution < -0.4 is 11.1 Å². The highest BCUT2D eigenvalue weighted by Crippen LogP contribution is 2.47. The lowest BCUT2D eigenvalue weighted by Crippen LogP contribution is -2.35. The van der Waals surface area contributed by atoms with E-state index >= 15 is 0 Å². The number of hydrogen-bond donors (Lipinski definition) is 2. The Morgan fingerprint density at radius 2 is 1.90 bits per heavy atom. The van der Waals surface area contributed by atoms with Crippen molar-refractivity contribution >= 4 is 22.6 Å². The van der Waals surface area contributed by atoms with Gasteiger partial charge >= 0.3 is 0 Å². The van der Waals surface area contributed by atoms with Crippen LogP contribution in [0.25, 0.3) is 16.6 Å². The molecule has 1 fully saturated rings. The van der Waals surface area contributed by atoms with Crippen molar-refractivity contribution in [2.24, 2.45) is 0 Å². The molecule has 0 spiro atoms. The summed E-state index contributed by atoms with van der Waals surface area (Å²) in [4.78, 5) is 21.7. The van der Waals surface area contributed by atoms with Gasteiger partial charge in [-0.1, -0.05) is 6.07 Å². The first-order chi connectivity index (χ1) is 14.5. The van der Waals surface area contributed by atoms with Gasteiger partial charge in [0.2, 0.25) is 0 Å². The average molecular weight is 402 g/mol. The zero-order valence-electron chi connectivity index (χ0n) is 16.3. The lowest BCUT2D eigenvalue weighted by molar-refractivity contribution is 0.0932. The molecular formula is C22H19FN6O. The van der Waals surface area contributed by atoms with E-state index in [1.165, 1.54) is 18.3 Å². The Bertz CT molecular complexity index is 1280. The number of rotatable bonds is 4. The molecule has 0 bridgehead atoms. The fraction of sp³-hybridized carbons (Fsp3) is 0.182. The normalized spacial score (nSPS) is 14.6. The van der Waals surface area contributed by atoms with Gasteiger partial charge in [0.05, 0.1) is 34.7 Å². The molecule has 3 heterocycles. The van der Waals surface area contributed by atoms with Crippen LogP contribution in [-0.2, 0) is 5.54 Å². The lowest BCUT2D eigenvalue weighted by atomic mass is 10.0. The molecule has 150 valence electrons. The molecule has 0 radical (unpaired) electrons. The second kappa shape index (κ2) is 6.62. The number of anilines is 1. The number of nitrogen functional groups attached to an aromatic ring is 1. The Hall–Kier alpha value is -3.81. The van der Waals surface area contributed by atoms with E-state index in [0.717, 1.165) is 24.1 Å². The highest BCUT2D eigenvalue weighted by atomic mass is 19.1. The number of carbonyl (C=O) groups excluding carboxylic acids is 1. The van der Waals surface area contributed by atoms with Crippen molar-refractivity contribution in [1.29, 1.82) is 0 Å². The number of pyridine rings is 2. The first-order valence-corrected chi connectivity index (χ1v) is 9.61. The molecule has 7 nitrogen and oxygen atoms in total. The van der Waals surface area contributed by atoms with Crippen LogP contribution in [0.1, 0.15) is 34.5 Å². The van der Waals surface area contributed by atoms with E-state index in [1.54, 1.807) is 29.2 Å². The third-order valence-corrected chi connectivity index (χ3v) is 5.50. The van der Waals surface area contributed by atoms with Crippen molar-refractivity contribution in [3.63, 3.8) is 0 Å². The van der Waals surface area contributed by atoms with Crippen molar-refractivity contribution in [3.8, 4) is 5.69 Å². The van der Waals surface area contributed by atoms with Gasteiger partial charge in [0, 0.05) is 22.8 Å². The third-order valence-electron chi connectivity index (χ3n) is 5.50. The summed E-state index contributed by atoms with van der Waals surface area (Å²) in [5, 5.41) is 8.16. The molecule has 1 aromatic carbocycles. The molecule has 0 saturated heterocycles. The maximum atomic E-state index is 13.3. The Morgan fingerprint density at radius 1 is 1.13 bits per heavy atom. The number of benzene rings is 1. The van der Waals surface area contributed by atoms with Crippen molar-refractivity contribution in [2.75, 3.05) is 5.73 Å². The van der Waals surface area contributed by atoms with Crippen LogP contribution in [-0.4, -0.2) is 25.7 Å². The van der Waals surface area contributed by atoms with Crippen LogP contribution in [0, 0.1) is 12.7 Å². The molecule has 5 rings (SSSR count). The molecule has 1 aliphatic rings. The minimum absolute atomic E-state index is 0.246. The Labute approximate surface area is 171 Å². The van der Waals surface area contributed by atoms with Gasteiger partial charge in [0.25, 0.3) is 5.91 Å². The minimum atomic E-state index is -0.503. The Balaban J connectivity index is 1.49. The van der Waals surface area contributed by atoms with Crippen LogP contribution in [0.5, 0.6) is 0 Å². The average Bonchev–Trinajstić information content (AvgIpc) is 3.36. The van der Waals surface area contributed by atoms with Crippen molar-refractivity contribution < 1.29 is 9.18 Å². The Kier molecular flexibility index (Phi) is 4.02. The molecule has 0 aliphatic heterocycles. The highest BCUT2D eigenvalue weighted by molar-refractivity contribution is 6.06. The minimum Gasteiger partial charge on any atom is -0.383 e. The standard InChI is InChI=1S/C22H19FN6O/c1-13-2-7-18(20(24)27-13)22(8-9-22)28-21(30)17-10-25-12-19-16(17)11-26-29(19)15-5-3-14(23)4-6-15/h2-7,10-12H,8-9H2,1H3,(H2,24,27)(H,28,30). The number of carbonyl (C=O) groups is 1. The monoisotopic (exact) mass is 402 g/mol. The quantitative estimate of drug-likeness (QED) is 0.546. The van der Waals surface area contributed by atoms with Crippen LogP contribution in [0.4, 0.5) is 10.2 Å². The molecule has 30 heavy (non-hydrogen) atoms. The summed E-state index contributed by atoms with van der Waals surface area (Å²) in [6, 6.07) is 9.80. The molecule has 0 unspecified atom stereocenters. The first-order valence-electron chi connectivity index (χ1n) is 9.61. The van der Waals surface area contributed by atoms with Gasteiger partial charge in [-0.25, -0.2) is 14.1 Å². The molecule has 1 amide bonds. The van der Waals surface area contributed by atoms with Gasteiger partial charge in [-0.15, -0.1) is 0 Å². The van der Waals surface area contributed by atoms with Gasteiger partial charge in [-0.05, 0) is 50.1 Å². The van der Waals surface area contributed by atoms with E-state index < -0.39 is 5.54 Å². The van der Waals surface area contributed by atoms with E-state index in [0.29, 0.717) is 28.0 Å². The molecular weight excluding hydrogens is 383 g/mol. The van der Waals surface area contributed by atoms with Gasteiger partial charge in [0.15, 0.2) is 0 Å². The maximum absolute atomic E-state index is 13.3.